The lowest BCUT2D eigenvalue weighted by molar-refractivity contribution is 1.22. The summed E-state index contributed by atoms with van der Waals surface area (Å²) in [6.45, 7) is -0.130. The summed E-state index contributed by atoms with van der Waals surface area (Å²) in [5.74, 6) is 0. The summed E-state index contributed by atoms with van der Waals surface area (Å²) >= 11 is 0. The van der Waals surface area contributed by atoms with Crippen LogP contribution in [-0.2, 0) is 0 Å². The molecule has 13 aromatic rings. The maximum Gasteiger partial charge on any atom is 0.252 e. The summed E-state index contributed by atoms with van der Waals surface area (Å²) in [5, 5.41) is 5.80. The van der Waals surface area contributed by atoms with E-state index in [0.29, 0.717) is 0 Å². The number of para-hydroxylation sites is 1. The van der Waals surface area contributed by atoms with Gasteiger partial charge in [-0.25, -0.2) is 9.97 Å². The Balaban J connectivity index is 1.10. The van der Waals surface area contributed by atoms with Gasteiger partial charge in [0.25, 0.3) is 6.71 Å². The van der Waals surface area contributed by atoms with Crippen molar-refractivity contribution < 1.29 is 0 Å². The van der Waals surface area contributed by atoms with Crippen molar-refractivity contribution in [2.45, 2.75) is 0 Å². The zero-order chi connectivity index (χ0) is 49.4. The molecule has 0 fully saturated rings. The molecule has 3 heterocycles. The van der Waals surface area contributed by atoms with Crippen LogP contribution in [0, 0.1) is 0 Å². The number of anilines is 6. The second kappa shape index (κ2) is 17.4. The molecule has 0 bridgehead atoms. The van der Waals surface area contributed by atoms with Gasteiger partial charge in [-0.15, -0.1) is 0 Å². The molecular formula is C70H45BN4. The molecule has 0 aliphatic carbocycles. The Hall–Kier alpha value is -9.84. The van der Waals surface area contributed by atoms with Crippen LogP contribution in [-0.4, -0.2) is 16.7 Å². The van der Waals surface area contributed by atoms with Crippen LogP contribution < -0.4 is 26.2 Å². The van der Waals surface area contributed by atoms with Crippen LogP contribution in [0.5, 0.6) is 0 Å². The van der Waals surface area contributed by atoms with Crippen molar-refractivity contribution in [1.29, 1.82) is 0 Å². The first-order chi connectivity index (χ1) is 37.2. The number of rotatable bonds is 7. The van der Waals surface area contributed by atoms with Crippen LogP contribution in [0.2, 0.25) is 0 Å². The number of benzene rings is 12. The van der Waals surface area contributed by atoms with Crippen molar-refractivity contribution in [3.63, 3.8) is 0 Å². The Kier molecular flexibility index (Phi) is 9.95. The number of hydrogen-bond donors (Lipinski definition) is 0. The Morgan fingerprint density at radius 2 is 0.653 bits per heavy atom. The molecule has 12 aromatic carbocycles. The van der Waals surface area contributed by atoms with Crippen molar-refractivity contribution in [1.82, 2.24) is 9.97 Å². The third-order valence-corrected chi connectivity index (χ3v) is 15.4. The molecule has 0 atom stereocenters. The van der Waals surface area contributed by atoms with Gasteiger partial charge < -0.3 is 9.80 Å². The largest absolute Gasteiger partial charge is 0.311 e. The first kappa shape index (κ1) is 42.8. The van der Waals surface area contributed by atoms with Gasteiger partial charge in [0.2, 0.25) is 0 Å². The molecule has 0 saturated carbocycles. The Bertz CT molecular complexity index is 4010. The summed E-state index contributed by atoms with van der Waals surface area (Å²) in [6, 6.07) is 98.1. The molecule has 2 aliphatic heterocycles. The second-order valence-corrected chi connectivity index (χ2v) is 19.8. The van der Waals surface area contributed by atoms with Crippen molar-refractivity contribution in [2.24, 2.45) is 0 Å². The minimum Gasteiger partial charge on any atom is -0.311 e. The zero-order valence-electron chi connectivity index (χ0n) is 40.8. The predicted octanol–water partition coefficient (Wildman–Crippen LogP) is 16.4. The van der Waals surface area contributed by atoms with E-state index in [9.17, 15) is 0 Å². The Morgan fingerprint density at radius 3 is 1.08 bits per heavy atom. The summed E-state index contributed by atoms with van der Waals surface area (Å²) in [7, 11) is 0. The van der Waals surface area contributed by atoms with E-state index in [1.54, 1.807) is 6.33 Å². The lowest BCUT2D eigenvalue weighted by atomic mass is 9.33. The highest BCUT2D eigenvalue weighted by molar-refractivity contribution is 7.00. The lowest BCUT2D eigenvalue weighted by Gasteiger charge is -2.45. The van der Waals surface area contributed by atoms with Gasteiger partial charge in [0.1, 0.15) is 6.33 Å². The molecule has 348 valence electrons. The summed E-state index contributed by atoms with van der Waals surface area (Å²) in [5.41, 5.74) is 22.4. The lowest BCUT2D eigenvalue weighted by Crippen LogP contribution is -2.61. The van der Waals surface area contributed by atoms with Crippen LogP contribution in [0.3, 0.4) is 0 Å². The highest BCUT2D eigenvalue weighted by Gasteiger charge is 2.44. The Morgan fingerprint density at radius 1 is 0.280 bits per heavy atom. The van der Waals surface area contributed by atoms with E-state index in [1.165, 1.54) is 37.9 Å². The molecular weight excluding hydrogens is 908 g/mol. The predicted molar refractivity (Wildman–Crippen MR) is 316 cm³/mol. The molecule has 4 nitrogen and oxygen atoms in total. The summed E-state index contributed by atoms with van der Waals surface area (Å²) in [4.78, 5) is 15.1. The first-order valence-electron chi connectivity index (χ1n) is 25.7. The highest BCUT2D eigenvalue weighted by atomic mass is 15.2. The van der Waals surface area contributed by atoms with E-state index in [2.05, 4.69) is 277 Å². The Labute approximate surface area is 436 Å². The van der Waals surface area contributed by atoms with Gasteiger partial charge >= 0.3 is 0 Å². The highest BCUT2D eigenvalue weighted by Crippen LogP contribution is 2.49. The fraction of sp³-hybridized carbons (Fsp3) is 0. The smallest absolute Gasteiger partial charge is 0.252 e. The van der Waals surface area contributed by atoms with E-state index >= 15 is 0 Å². The van der Waals surface area contributed by atoms with E-state index in [0.717, 1.165) is 101 Å². The fourth-order valence-electron chi connectivity index (χ4n) is 12.0. The molecule has 0 spiro atoms. The van der Waals surface area contributed by atoms with E-state index in [-0.39, 0.29) is 6.71 Å². The maximum atomic E-state index is 5.17. The van der Waals surface area contributed by atoms with Crippen LogP contribution in [0.1, 0.15) is 0 Å². The maximum absolute atomic E-state index is 5.17. The molecule has 2 aliphatic rings. The number of aromatic nitrogens is 2. The van der Waals surface area contributed by atoms with Gasteiger partial charge in [-0.2, -0.15) is 0 Å². The molecule has 5 heteroatoms. The summed E-state index contributed by atoms with van der Waals surface area (Å²) in [6.07, 6.45) is 1.72. The van der Waals surface area contributed by atoms with Crippen molar-refractivity contribution in [3.05, 3.63) is 273 Å². The first-order valence-corrected chi connectivity index (χ1v) is 25.7. The molecule has 75 heavy (non-hydrogen) atoms. The fourth-order valence-corrected chi connectivity index (χ4v) is 12.0. The van der Waals surface area contributed by atoms with Gasteiger partial charge in [-0.1, -0.05) is 200 Å². The normalized spacial score (nSPS) is 12.5. The van der Waals surface area contributed by atoms with Crippen LogP contribution >= 0.6 is 0 Å². The number of fused-ring (bicyclic) bond motifs is 7. The quantitative estimate of drug-likeness (QED) is 0.149. The van der Waals surface area contributed by atoms with Crippen molar-refractivity contribution in [2.75, 3.05) is 9.80 Å². The average Bonchev–Trinajstić information content (AvgIpc) is 3.50. The number of hydrogen-bond acceptors (Lipinski definition) is 4. The van der Waals surface area contributed by atoms with E-state index in [4.69, 9.17) is 9.97 Å². The molecule has 0 amide bonds. The van der Waals surface area contributed by atoms with Gasteiger partial charge in [0.05, 0.1) is 11.2 Å². The van der Waals surface area contributed by atoms with Gasteiger partial charge in [0, 0.05) is 45.1 Å². The zero-order valence-corrected chi connectivity index (χ0v) is 40.8. The second-order valence-electron chi connectivity index (χ2n) is 19.8. The van der Waals surface area contributed by atoms with Crippen LogP contribution in [0.4, 0.5) is 34.1 Å². The van der Waals surface area contributed by atoms with E-state index < -0.39 is 0 Å². The topological polar surface area (TPSA) is 32.3 Å². The average molecular weight is 953 g/mol. The summed E-state index contributed by atoms with van der Waals surface area (Å²) < 4.78 is 0. The molecule has 1 aromatic heterocycles. The SMILES string of the molecule is c1ccc(-c2cc(-c3ccccc3)cc(N3c4cc5ccccc5cc4B4c5cc6ccccc6cc5N(c5cc(-c6ccccc6)cc(-c6ccccc6)c5)c5cc(-c6ncnc7ccccc67)cc3c54)c2)cc1. The molecule has 15 rings (SSSR count). The minimum atomic E-state index is -0.130. The standard InChI is InChI=1S/C70H45BN4/c1-5-19-46(20-6-1)54-33-55(47-21-7-2-8-22-47)36-59(35-54)74-65-41-52-29-15-13-27-50(52)39-62(65)71-63-40-51-28-14-16-30-53(51)42-66(63)75(60-37-56(48-23-9-3-10-24-48)34-57(38-60)49-25-11-4-12-26-49)68-44-58(43-67(74)69(68)71)70-61-31-17-18-32-64(61)72-45-73-70/h1-45H. The van der Waals surface area contributed by atoms with Gasteiger partial charge in [0.15, 0.2) is 0 Å². The monoisotopic (exact) mass is 952 g/mol. The molecule has 0 radical (unpaired) electrons. The molecule has 0 N–H and O–H groups in total. The van der Waals surface area contributed by atoms with Gasteiger partial charge in [-0.05, 0) is 149 Å². The van der Waals surface area contributed by atoms with Crippen molar-refractivity contribution >= 4 is 89.7 Å². The third-order valence-electron chi connectivity index (χ3n) is 15.4. The van der Waals surface area contributed by atoms with Gasteiger partial charge in [-0.3, -0.25) is 0 Å². The van der Waals surface area contributed by atoms with Crippen LogP contribution in [0.25, 0.3) is 88.2 Å². The van der Waals surface area contributed by atoms with E-state index in [1.807, 2.05) is 0 Å². The molecule has 0 saturated heterocycles. The third kappa shape index (κ3) is 7.23. The molecule has 0 unspecified atom stereocenters. The number of nitrogens with zero attached hydrogens (tertiary/aromatic N) is 4. The minimum absolute atomic E-state index is 0.130. The van der Waals surface area contributed by atoms with Crippen LogP contribution in [0.15, 0.2) is 273 Å². The van der Waals surface area contributed by atoms with Crippen molar-refractivity contribution in [3.8, 4) is 55.8 Å².